The van der Waals surface area contributed by atoms with Crippen LogP contribution in [-0.4, -0.2) is 31.1 Å². The number of rotatable bonds is 3. The summed E-state index contributed by atoms with van der Waals surface area (Å²) in [5.41, 5.74) is 6.88. The molecule has 1 unspecified atom stereocenters. The van der Waals surface area contributed by atoms with Crippen LogP contribution in [0, 0.1) is 5.82 Å². The number of nitrogens with zero attached hydrogens (tertiary/aromatic N) is 1. The molecule has 0 aromatic heterocycles. The van der Waals surface area contributed by atoms with E-state index in [9.17, 15) is 4.39 Å². The first-order chi connectivity index (χ1) is 8.08. The predicted molar refractivity (Wildman–Crippen MR) is 70.0 cm³/mol. The molecule has 0 saturated carbocycles. The molecule has 2 rings (SSSR count). The molecule has 1 aliphatic heterocycles. The highest BCUT2D eigenvalue weighted by Crippen LogP contribution is 2.26. The van der Waals surface area contributed by atoms with Gasteiger partial charge in [-0.3, -0.25) is 0 Å². The topological polar surface area (TPSA) is 41.3 Å². The molecule has 1 saturated heterocycles. The minimum Gasteiger partial charge on any atom is -0.397 e. The summed E-state index contributed by atoms with van der Waals surface area (Å²) < 4.78 is 13.3. The molecule has 0 radical (unpaired) electrons. The second kappa shape index (κ2) is 5.10. The molecule has 1 aromatic carbocycles. The largest absolute Gasteiger partial charge is 0.397 e. The van der Waals surface area contributed by atoms with Gasteiger partial charge >= 0.3 is 0 Å². The van der Waals surface area contributed by atoms with E-state index in [1.54, 1.807) is 0 Å². The zero-order valence-electron chi connectivity index (χ0n) is 9.84. The molecule has 0 aliphatic carbocycles. The van der Waals surface area contributed by atoms with E-state index >= 15 is 0 Å². The zero-order valence-corrected chi connectivity index (χ0v) is 10.6. The Morgan fingerprint density at radius 3 is 3.00 bits per heavy atom. The van der Waals surface area contributed by atoms with E-state index < -0.39 is 5.82 Å². The summed E-state index contributed by atoms with van der Waals surface area (Å²) in [5, 5.41) is 3.25. The maximum absolute atomic E-state index is 13.3. The smallest absolute Gasteiger partial charge is 0.143 e. The van der Waals surface area contributed by atoms with Crippen LogP contribution in [0.5, 0.6) is 0 Å². The number of halogens is 2. The minimum atomic E-state index is -0.442. The molecule has 0 bridgehead atoms. The maximum atomic E-state index is 13.3. The minimum absolute atomic E-state index is 0.0611. The van der Waals surface area contributed by atoms with Gasteiger partial charge in [0, 0.05) is 18.7 Å². The summed E-state index contributed by atoms with van der Waals surface area (Å²) >= 11 is 5.65. The number of hydrogen-bond donors (Lipinski definition) is 2. The highest BCUT2D eigenvalue weighted by atomic mass is 35.5. The van der Waals surface area contributed by atoms with E-state index in [1.807, 2.05) is 0 Å². The summed E-state index contributed by atoms with van der Waals surface area (Å²) in [4.78, 5) is 2.30. The van der Waals surface area contributed by atoms with Gasteiger partial charge in [-0.25, -0.2) is 4.39 Å². The van der Waals surface area contributed by atoms with Gasteiger partial charge in [-0.05, 0) is 32.5 Å². The van der Waals surface area contributed by atoms with Crippen LogP contribution < -0.4 is 11.1 Å². The van der Waals surface area contributed by atoms with E-state index in [2.05, 4.69) is 17.3 Å². The Balaban J connectivity index is 2.01. The lowest BCUT2D eigenvalue weighted by molar-refractivity contribution is 0.322. The third-order valence-corrected chi connectivity index (χ3v) is 3.58. The van der Waals surface area contributed by atoms with Gasteiger partial charge in [0.2, 0.25) is 0 Å². The quantitative estimate of drug-likeness (QED) is 0.818. The molecule has 5 heteroatoms. The third kappa shape index (κ3) is 2.82. The first-order valence-corrected chi connectivity index (χ1v) is 6.14. The van der Waals surface area contributed by atoms with Crippen molar-refractivity contribution < 1.29 is 4.39 Å². The molecule has 0 amide bonds. The third-order valence-electron chi connectivity index (χ3n) is 3.29. The molecule has 3 N–H and O–H groups in total. The van der Waals surface area contributed by atoms with Crippen molar-refractivity contribution in [1.82, 2.24) is 4.90 Å². The lowest BCUT2D eigenvalue weighted by atomic mass is 10.2. The number of nitrogens with one attached hydrogen (secondary N) is 1. The first-order valence-electron chi connectivity index (χ1n) is 5.76. The molecule has 1 aliphatic rings. The molecule has 1 aromatic rings. The van der Waals surface area contributed by atoms with Crippen molar-refractivity contribution in [3.05, 3.63) is 23.0 Å². The lowest BCUT2D eigenvalue weighted by Crippen LogP contribution is -2.31. The van der Waals surface area contributed by atoms with Crippen molar-refractivity contribution in [2.75, 3.05) is 31.2 Å². The fourth-order valence-corrected chi connectivity index (χ4v) is 2.35. The van der Waals surface area contributed by atoms with Crippen molar-refractivity contribution in [1.29, 1.82) is 0 Å². The Kier molecular flexibility index (Phi) is 3.74. The highest BCUT2D eigenvalue weighted by Gasteiger charge is 2.20. The summed E-state index contributed by atoms with van der Waals surface area (Å²) in [6.45, 7) is 1.90. The van der Waals surface area contributed by atoms with Crippen LogP contribution in [0.1, 0.15) is 12.8 Å². The Hall–Kier alpha value is -1.00. The van der Waals surface area contributed by atoms with Gasteiger partial charge in [-0.15, -0.1) is 0 Å². The van der Waals surface area contributed by atoms with Gasteiger partial charge in [0.1, 0.15) is 5.82 Å². The second-order valence-corrected chi connectivity index (χ2v) is 4.92. The van der Waals surface area contributed by atoms with Crippen LogP contribution >= 0.6 is 11.6 Å². The number of benzene rings is 1. The number of nitrogens with two attached hydrogens (primary N) is 1. The molecule has 17 heavy (non-hydrogen) atoms. The molecule has 1 fully saturated rings. The van der Waals surface area contributed by atoms with Gasteiger partial charge in [-0.1, -0.05) is 11.6 Å². The zero-order chi connectivity index (χ0) is 12.4. The fourth-order valence-electron chi connectivity index (χ4n) is 2.18. The first kappa shape index (κ1) is 12.5. The molecule has 3 nitrogen and oxygen atoms in total. The number of likely N-dealkylation sites (N-methyl/N-ethyl adjacent to an activating group) is 1. The van der Waals surface area contributed by atoms with Gasteiger partial charge in [0.25, 0.3) is 0 Å². The Bertz CT molecular complexity index is 411. The second-order valence-electron chi connectivity index (χ2n) is 4.51. The summed E-state index contributed by atoms with van der Waals surface area (Å²) in [5.74, 6) is -0.442. The molecule has 0 spiro atoms. The lowest BCUT2D eigenvalue weighted by Gasteiger charge is -2.21. The van der Waals surface area contributed by atoms with Crippen molar-refractivity contribution >= 4 is 23.0 Å². The Morgan fingerprint density at radius 1 is 1.59 bits per heavy atom. The van der Waals surface area contributed by atoms with Crippen LogP contribution in [0.25, 0.3) is 0 Å². The molecular formula is C12H17ClFN3. The normalized spacial score (nSPS) is 20.8. The monoisotopic (exact) mass is 257 g/mol. The van der Waals surface area contributed by atoms with Gasteiger partial charge < -0.3 is 16.0 Å². The number of likely N-dealkylation sites (tertiary alicyclic amines) is 1. The van der Waals surface area contributed by atoms with Crippen molar-refractivity contribution in [3.63, 3.8) is 0 Å². The maximum Gasteiger partial charge on any atom is 0.143 e. The fraction of sp³-hybridized carbons (Fsp3) is 0.500. The van der Waals surface area contributed by atoms with Crippen LogP contribution in [0.3, 0.4) is 0 Å². The number of hydrogen-bond acceptors (Lipinski definition) is 3. The Morgan fingerprint density at radius 2 is 2.35 bits per heavy atom. The number of nitrogen functional groups attached to an aromatic ring is 1. The van der Waals surface area contributed by atoms with Crippen molar-refractivity contribution in [2.45, 2.75) is 18.9 Å². The summed E-state index contributed by atoms with van der Waals surface area (Å²) in [6, 6.07) is 3.29. The van der Waals surface area contributed by atoms with Crippen molar-refractivity contribution in [3.8, 4) is 0 Å². The van der Waals surface area contributed by atoms with E-state index in [1.165, 1.54) is 25.0 Å². The standard InChI is InChI=1S/C12H17ClFN3/c1-17-4-2-3-8(17)7-16-12-6-10(14)9(13)5-11(12)15/h5-6,8,16H,2-4,7,15H2,1H3. The van der Waals surface area contributed by atoms with Gasteiger partial charge in [0.05, 0.1) is 16.4 Å². The van der Waals surface area contributed by atoms with E-state index in [4.69, 9.17) is 17.3 Å². The van der Waals surface area contributed by atoms with E-state index in [0.29, 0.717) is 17.4 Å². The van der Waals surface area contributed by atoms with Gasteiger partial charge in [0.15, 0.2) is 0 Å². The molecule has 1 heterocycles. The number of anilines is 2. The van der Waals surface area contributed by atoms with E-state index in [0.717, 1.165) is 13.1 Å². The highest BCUT2D eigenvalue weighted by molar-refractivity contribution is 6.31. The van der Waals surface area contributed by atoms with Crippen molar-refractivity contribution in [2.24, 2.45) is 0 Å². The average molecular weight is 258 g/mol. The van der Waals surface area contributed by atoms with Crippen LogP contribution in [0.4, 0.5) is 15.8 Å². The van der Waals surface area contributed by atoms with Crippen LogP contribution in [-0.2, 0) is 0 Å². The SMILES string of the molecule is CN1CCCC1CNc1cc(F)c(Cl)cc1N. The Labute approximate surface area is 106 Å². The average Bonchev–Trinajstić information content (AvgIpc) is 2.68. The molecule has 94 valence electrons. The predicted octanol–water partition coefficient (Wildman–Crippen LogP) is 2.57. The molecular weight excluding hydrogens is 241 g/mol. The van der Waals surface area contributed by atoms with Crippen LogP contribution in [0.2, 0.25) is 5.02 Å². The van der Waals surface area contributed by atoms with E-state index in [-0.39, 0.29) is 5.02 Å². The summed E-state index contributed by atoms with van der Waals surface area (Å²) in [7, 11) is 2.10. The summed E-state index contributed by atoms with van der Waals surface area (Å²) in [6.07, 6.45) is 2.38. The van der Waals surface area contributed by atoms with Gasteiger partial charge in [-0.2, -0.15) is 0 Å². The van der Waals surface area contributed by atoms with Crippen LogP contribution in [0.15, 0.2) is 12.1 Å². The molecule has 1 atom stereocenters.